The lowest BCUT2D eigenvalue weighted by Crippen LogP contribution is -2.31. The van der Waals surface area contributed by atoms with Gasteiger partial charge in [-0.05, 0) is 13.2 Å². The first-order valence-electron chi connectivity index (χ1n) is 4.62. The number of hydrogen-bond acceptors (Lipinski definition) is 5. The van der Waals surface area contributed by atoms with Crippen LogP contribution in [-0.4, -0.2) is 55.7 Å². The molecule has 0 spiro atoms. The van der Waals surface area contributed by atoms with Crippen LogP contribution in [0.5, 0.6) is 0 Å². The van der Waals surface area contributed by atoms with E-state index >= 15 is 0 Å². The fourth-order valence-corrected chi connectivity index (χ4v) is 1.39. The first kappa shape index (κ1) is 14.8. The second kappa shape index (κ2) is 7.98. The van der Waals surface area contributed by atoms with Gasteiger partial charge >= 0.3 is 12.1 Å². The van der Waals surface area contributed by atoms with Crippen LogP contribution in [0.2, 0.25) is 0 Å². The number of esters is 1. The number of thioether (sulfide) groups is 1. The topological polar surface area (TPSA) is 68.2 Å². The van der Waals surface area contributed by atoms with Crippen LogP contribution in [0.1, 0.15) is 6.92 Å². The number of methoxy groups -OCH3 is 1. The number of likely N-dealkylation sites (N-methyl/N-ethyl adjacent to an activating group) is 1. The van der Waals surface area contributed by atoms with Crippen molar-refractivity contribution in [1.82, 2.24) is 4.90 Å². The van der Waals surface area contributed by atoms with Crippen molar-refractivity contribution in [2.24, 2.45) is 4.99 Å². The minimum Gasteiger partial charge on any atom is -0.468 e. The van der Waals surface area contributed by atoms with Gasteiger partial charge in [-0.1, -0.05) is 11.8 Å². The van der Waals surface area contributed by atoms with Crippen LogP contribution in [0.25, 0.3) is 0 Å². The van der Waals surface area contributed by atoms with E-state index in [-0.39, 0.29) is 13.2 Å². The molecule has 7 heteroatoms. The van der Waals surface area contributed by atoms with Crippen molar-refractivity contribution in [3.05, 3.63) is 0 Å². The van der Waals surface area contributed by atoms with Crippen LogP contribution >= 0.6 is 11.8 Å². The highest BCUT2D eigenvalue weighted by Gasteiger charge is 2.12. The number of carbonyl (C=O) groups is 2. The van der Waals surface area contributed by atoms with E-state index in [1.165, 1.54) is 23.8 Å². The molecular formula is C9H16N2O4S. The number of amidine groups is 1. The minimum absolute atomic E-state index is 0.0373. The lowest BCUT2D eigenvalue weighted by atomic mass is 10.6. The molecule has 0 aromatic rings. The molecule has 0 saturated carbocycles. The zero-order valence-electron chi connectivity index (χ0n) is 9.85. The van der Waals surface area contributed by atoms with Crippen molar-refractivity contribution in [2.45, 2.75) is 6.92 Å². The van der Waals surface area contributed by atoms with Crippen LogP contribution in [0.3, 0.4) is 0 Å². The molecule has 0 unspecified atom stereocenters. The quantitative estimate of drug-likeness (QED) is 0.421. The molecule has 0 saturated heterocycles. The Kier molecular flexibility index (Phi) is 7.36. The van der Waals surface area contributed by atoms with Crippen molar-refractivity contribution < 1.29 is 19.1 Å². The molecule has 6 nitrogen and oxygen atoms in total. The molecule has 0 fully saturated rings. The summed E-state index contributed by atoms with van der Waals surface area (Å²) in [6.07, 6.45) is 1.09. The number of amides is 1. The van der Waals surface area contributed by atoms with Gasteiger partial charge in [0.15, 0.2) is 5.17 Å². The lowest BCUT2D eigenvalue weighted by Gasteiger charge is -2.17. The van der Waals surface area contributed by atoms with Crippen LogP contribution in [0.4, 0.5) is 4.79 Å². The Morgan fingerprint density at radius 2 is 2.06 bits per heavy atom. The summed E-state index contributed by atoms with van der Waals surface area (Å²) in [6, 6.07) is 0. The standard InChI is InChI=1S/C9H16N2O4S/c1-5-15-9(13)10-8(16-4)11(2)6-7(12)14-3/h5-6H2,1-4H3. The molecule has 16 heavy (non-hydrogen) atoms. The highest BCUT2D eigenvalue weighted by molar-refractivity contribution is 8.13. The summed E-state index contributed by atoms with van der Waals surface area (Å²) in [7, 11) is 2.95. The maximum atomic E-state index is 11.1. The van der Waals surface area contributed by atoms with E-state index in [9.17, 15) is 9.59 Å². The Hall–Kier alpha value is -1.24. The lowest BCUT2D eigenvalue weighted by molar-refractivity contribution is -0.140. The normalized spacial score (nSPS) is 10.9. The number of hydrogen-bond donors (Lipinski definition) is 0. The summed E-state index contributed by atoms with van der Waals surface area (Å²) in [6.45, 7) is 2.00. The number of aliphatic imine (C=N–C) groups is 1. The van der Waals surface area contributed by atoms with Gasteiger partial charge in [-0.3, -0.25) is 4.79 Å². The predicted molar refractivity (Wildman–Crippen MR) is 62.6 cm³/mol. The first-order valence-corrected chi connectivity index (χ1v) is 5.85. The molecule has 1 amide bonds. The van der Waals surface area contributed by atoms with Gasteiger partial charge in [-0.2, -0.15) is 4.99 Å². The number of rotatable bonds is 3. The number of nitrogens with zero attached hydrogens (tertiary/aromatic N) is 2. The summed E-state index contributed by atoms with van der Waals surface area (Å²) in [4.78, 5) is 27.3. The molecule has 0 aliphatic rings. The molecule has 0 aliphatic heterocycles. The highest BCUT2D eigenvalue weighted by atomic mass is 32.2. The molecule has 0 rings (SSSR count). The summed E-state index contributed by atoms with van der Waals surface area (Å²) >= 11 is 1.25. The zero-order chi connectivity index (χ0) is 12.6. The molecular weight excluding hydrogens is 232 g/mol. The van der Waals surface area contributed by atoms with Gasteiger partial charge in [0, 0.05) is 7.05 Å². The van der Waals surface area contributed by atoms with E-state index in [2.05, 4.69) is 14.5 Å². The second-order valence-electron chi connectivity index (χ2n) is 2.73. The van der Waals surface area contributed by atoms with Crippen LogP contribution < -0.4 is 0 Å². The average molecular weight is 248 g/mol. The Morgan fingerprint density at radius 1 is 1.44 bits per heavy atom. The third kappa shape index (κ3) is 5.59. The van der Waals surface area contributed by atoms with E-state index in [0.29, 0.717) is 5.17 Å². The predicted octanol–water partition coefficient (Wildman–Crippen LogP) is 0.967. The first-order chi connectivity index (χ1) is 7.54. The molecule has 0 aliphatic carbocycles. The molecule has 0 bridgehead atoms. The Labute approximate surface area is 99.0 Å². The van der Waals surface area contributed by atoms with Gasteiger partial charge in [0.25, 0.3) is 0 Å². The smallest absolute Gasteiger partial charge is 0.436 e. The number of carbonyl (C=O) groups excluding carboxylic acids is 2. The zero-order valence-corrected chi connectivity index (χ0v) is 10.7. The maximum absolute atomic E-state index is 11.1. The molecule has 0 aromatic heterocycles. The van der Waals surface area contributed by atoms with Crippen molar-refractivity contribution in [3.63, 3.8) is 0 Å². The molecule has 0 heterocycles. The van der Waals surface area contributed by atoms with Crippen molar-refractivity contribution in [1.29, 1.82) is 0 Å². The summed E-state index contributed by atoms with van der Waals surface area (Å²) in [5.74, 6) is -0.395. The van der Waals surface area contributed by atoms with Crippen LogP contribution in [0.15, 0.2) is 4.99 Å². The van der Waals surface area contributed by atoms with Crippen LogP contribution in [0, 0.1) is 0 Å². The van der Waals surface area contributed by atoms with Gasteiger partial charge in [0.2, 0.25) is 0 Å². The van der Waals surface area contributed by atoms with Crippen molar-refractivity contribution >= 4 is 29.0 Å². The number of ether oxygens (including phenoxy) is 2. The van der Waals surface area contributed by atoms with E-state index in [4.69, 9.17) is 0 Å². The highest BCUT2D eigenvalue weighted by Crippen LogP contribution is 2.04. The third-order valence-corrected chi connectivity index (χ3v) is 2.33. The van der Waals surface area contributed by atoms with Gasteiger partial charge in [0.1, 0.15) is 6.54 Å². The summed E-state index contributed by atoms with van der Waals surface area (Å²) < 4.78 is 9.18. The molecule has 0 atom stereocenters. The van der Waals surface area contributed by atoms with Gasteiger partial charge in [-0.15, -0.1) is 0 Å². The maximum Gasteiger partial charge on any atom is 0.436 e. The molecule has 0 N–H and O–H groups in total. The van der Waals surface area contributed by atoms with Crippen molar-refractivity contribution in [2.75, 3.05) is 33.6 Å². The van der Waals surface area contributed by atoms with E-state index in [1.807, 2.05) is 0 Å². The van der Waals surface area contributed by atoms with E-state index in [1.54, 1.807) is 20.2 Å². The summed E-state index contributed by atoms with van der Waals surface area (Å²) in [5, 5.41) is 0.406. The van der Waals surface area contributed by atoms with Crippen LogP contribution in [-0.2, 0) is 14.3 Å². The third-order valence-electron chi connectivity index (χ3n) is 1.56. The van der Waals surface area contributed by atoms with Gasteiger partial charge in [-0.25, -0.2) is 4.79 Å². The fraction of sp³-hybridized carbons (Fsp3) is 0.667. The second-order valence-corrected chi connectivity index (χ2v) is 3.50. The Morgan fingerprint density at radius 3 is 2.50 bits per heavy atom. The van der Waals surface area contributed by atoms with E-state index in [0.717, 1.165) is 0 Å². The Balaban J connectivity index is 4.46. The SMILES string of the molecule is CCOC(=O)N=C(SC)N(C)CC(=O)OC. The van der Waals surface area contributed by atoms with Gasteiger partial charge in [0.05, 0.1) is 13.7 Å². The molecule has 0 aromatic carbocycles. The van der Waals surface area contributed by atoms with Gasteiger partial charge < -0.3 is 14.4 Å². The average Bonchev–Trinajstić information content (AvgIpc) is 2.25. The summed E-state index contributed by atoms with van der Waals surface area (Å²) in [5.41, 5.74) is 0. The van der Waals surface area contributed by atoms with Crippen molar-refractivity contribution in [3.8, 4) is 0 Å². The monoisotopic (exact) mass is 248 g/mol. The van der Waals surface area contributed by atoms with E-state index < -0.39 is 12.1 Å². The molecule has 0 radical (unpaired) electrons. The Bertz CT molecular complexity index is 281. The fourth-order valence-electron chi connectivity index (χ4n) is 0.847. The minimum atomic E-state index is -0.663. The largest absolute Gasteiger partial charge is 0.468 e. The molecule has 92 valence electrons.